The van der Waals surface area contributed by atoms with E-state index < -0.39 is 22.1 Å². The smallest absolute Gasteiger partial charge is 0.318 e. The van der Waals surface area contributed by atoms with E-state index in [0.717, 1.165) is 23.5 Å². The molecule has 0 saturated heterocycles. The van der Waals surface area contributed by atoms with Crippen LogP contribution in [0.2, 0.25) is 0 Å². The van der Waals surface area contributed by atoms with Crippen molar-refractivity contribution in [2.75, 3.05) is 10.0 Å². The van der Waals surface area contributed by atoms with Gasteiger partial charge in [-0.15, -0.1) is 11.3 Å². The molecule has 1 heterocycles. The zero-order valence-electron chi connectivity index (χ0n) is 10.7. The molecule has 5 nitrogen and oxygen atoms in total. The summed E-state index contributed by atoms with van der Waals surface area (Å²) in [6.07, 6.45) is -4.99. The molecule has 0 aliphatic carbocycles. The number of carbonyl (C=O) groups excluding carboxylic acids is 1. The Kier molecular flexibility index (Phi) is 4.42. The number of sulfonamides is 1. The molecule has 0 unspecified atom stereocenters. The maximum absolute atomic E-state index is 12.1. The molecule has 1 aromatic carbocycles. The van der Waals surface area contributed by atoms with Gasteiger partial charge in [0.1, 0.15) is 4.21 Å². The van der Waals surface area contributed by atoms with Crippen LogP contribution >= 0.6 is 11.3 Å². The second kappa shape index (κ2) is 5.97. The van der Waals surface area contributed by atoms with Gasteiger partial charge in [0.2, 0.25) is 0 Å². The van der Waals surface area contributed by atoms with Gasteiger partial charge in [0, 0.05) is 11.4 Å². The van der Waals surface area contributed by atoms with Crippen molar-refractivity contribution in [2.24, 2.45) is 0 Å². The molecule has 0 radical (unpaired) electrons. The lowest BCUT2D eigenvalue weighted by Crippen LogP contribution is -2.29. The van der Waals surface area contributed by atoms with Crippen LogP contribution in [0.3, 0.4) is 0 Å². The molecule has 1 aromatic heterocycles. The molecule has 0 aliphatic heterocycles. The minimum atomic E-state index is -4.99. The van der Waals surface area contributed by atoms with Gasteiger partial charge in [0.25, 0.3) is 10.0 Å². The van der Waals surface area contributed by atoms with Crippen LogP contribution in [0, 0.1) is 0 Å². The molecule has 0 spiro atoms. The number of halogens is 3. The molecule has 2 rings (SSSR count). The Balaban J connectivity index is 2.08. The van der Waals surface area contributed by atoms with E-state index in [1.807, 2.05) is 0 Å². The summed E-state index contributed by atoms with van der Waals surface area (Å²) < 4.78 is 62.5. The van der Waals surface area contributed by atoms with Crippen molar-refractivity contribution >= 4 is 38.6 Å². The van der Waals surface area contributed by atoms with Crippen molar-refractivity contribution < 1.29 is 26.4 Å². The molecule has 0 fully saturated rings. The zero-order valence-corrected chi connectivity index (χ0v) is 12.3. The first-order chi connectivity index (χ1) is 10.2. The Morgan fingerprint density at radius 1 is 1.05 bits per heavy atom. The largest absolute Gasteiger partial charge is 0.471 e. The normalized spacial score (nSPS) is 12.0. The maximum atomic E-state index is 12.1. The van der Waals surface area contributed by atoms with Gasteiger partial charge in [-0.1, -0.05) is 6.07 Å². The van der Waals surface area contributed by atoms with E-state index in [-0.39, 0.29) is 15.6 Å². The van der Waals surface area contributed by atoms with Gasteiger partial charge in [0.15, 0.2) is 0 Å². The number of carbonyl (C=O) groups is 1. The van der Waals surface area contributed by atoms with E-state index >= 15 is 0 Å². The predicted octanol–water partition coefficient (Wildman–Crippen LogP) is 3.05. The third-order valence-corrected chi connectivity index (χ3v) is 5.19. The molecule has 0 bridgehead atoms. The summed E-state index contributed by atoms with van der Waals surface area (Å²) in [5.41, 5.74) is 0.0693. The van der Waals surface area contributed by atoms with Gasteiger partial charge in [-0.3, -0.25) is 9.52 Å². The van der Waals surface area contributed by atoms with Crippen molar-refractivity contribution in [3.05, 3.63) is 41.8 Å². The summed E-state index contributed by atoms with van der Waals surface area (Å²) >= 11 is 1.03. The van der Waals surface area contributed by atoms with Gasteiger partial charge in [-0.2, -0.15) is 13.2 Å². The summed E-state index contributed by atoms with van der Waals surface area (Å²) in [7, 11) is -3.73. The molecule has 2 aromatic rings. The minimum absolute atomic E-state index is 0.0959. The van der Waals surface area contributed by atoms with Crippen molar-refractivity contribution in [3.63, 3.8) is 0 Å². The van der Waals surface area contributed by atoms with Gasteiger partial charge in [-0.05, 0) is 35.7 Å². The average molecular weight is 350 g/mol. The highest BCUT2D eigenvalue weighted by Gasteiger charge is 2.38. The summed E-state index contributed by atoms with van der Waals surface area (Å²) in [6, 6.07) is 7.82. The fourth-order valence-corrected chi connectivity index (χ4v) is 3.50. The van der Waals surface area contributed by atoms with Crippen molar-refractivity contribution in [1.29, 1.82) is 0 Å². The minimum Gasteiger partial charge on any atom is -0.318 e. The summed E-state index contributed by atoms with van der Waals surface area (Å²) in [6.45, 7) is 0. The second-order valence-electron chi connectivity index (χ2n) is 4.07. The van der Waals surface area contributed by atoms with Crippen LogP contribution in [0.5, 0.6) is 0 Å². The number of hydrogen-bond donors (Lipinski definition) is 2. The van der Waals surface area contributed by atoms with Crippen LogP contribution in [-0.2, 0) is 14.8 Å². The molecule has 0 saturated carbocycles. The van der Waals surface area contributed by atoms with E-state index in [9.17, 15) is 26.4 Å². The van der Waals surface area contributed by atoms with Crippen LogP contribution < -0.4 is 10.0 Å². The molecule has 0 aliphatic rings. The van der Waals surface area contributed by atoms with Crippen molar-refractivity contribution in [2.45, 2.75) is 10.4 Å². The lowest BCUT2D eigenvalue weighted by Gasteiger charge is -2.09. The first-order valence-electron chi connectivity index (χ1n) is 5.73. The third-order valence-electron chi connectivity index (χ3n) is 2.41. The fraction of sp³-hybridized carbons (Fsp3) is 0.0833. The molecular weight excluding hydrogens is 341 g/mol. The van der Waals surface area contributed by atoms with Crippen LogP contribution in [0.15, 0.2) is 46.0 Å². The Labute approximate surface area is 127 Å². The van der Waals surface area contributed by atoms with Gasteiger partial charge in [-0.25, -0.2) is 8.42 Å². The lowest BCUT2D eigenvalue weighted by molar-refractivity contribution is -0.167. The highest BCUT2D eigenvalue weighted by molar-refractivity contribution is 7.94. The number of benzene rings is 1. The Morgan fingerprint density at radius 2 is 1.64 bits per heavy atom. The Morgan fingerprint density at radius 3 is 2.14 bits per heavy atom. The van der Waals surface area contributed by atoms with Crippen molar-refractivity contribution in [3.8, 4) is 0 Å². The van der Waals surface area contributed by atoms with Crippen molar-refractivity contribution in [1.82, 2.24) is 0 Å². The Hall–Kier alpha value is -2.07. The topological polar surface area (TPSA) is 75.3 Å². The summed E-state index contributed by atoms with van der Waals surface area (Å²) in [5.74, 6) is -2.10. The number of nitrogens with one attached hydrogen (secondary N) is 2. The second-order valence-corrected chi connectivity index (χ2v) is 6.92. The van der Waals surface area contributed by atoms with Crippen LogP contribution in [0.25, 0.3) is 0 Å². The number of alkyl halides is 3. The first kappa shape index (κ1) is 16.3. The van der Waals surface area contributed by atoms with Gasteiger partial charge in [0.05, 0.1) is 0 Å². The van der Waals surface area contributed by atoms with E-state index in [1.54, 1.807) is 16.8 Å². The zero-order chi connectivity index (χ0) is 16.4. The Bertz CT molecular complexity index is 754. The SMILES string of the molecule is O=C(Nc1ccc(NS(=O)(=O)c2cccs2)cc1)C(F)(F)F. The summed E-state index contributed by atoms with van der Waals surface area (Å²) in [5, 5.41) is 3.26. The fourth-order valence-electron chi connectivity index (χ4n) is 1.45. The quantitative estimate of drug-likeness (QED) is 0.890. The first-order valence-corrected chi connectivity index (χ1v) is 8.09. The standard InChI is InChI=1S/C12H9F3N2O3S2/c13-12(14,15)11(18)16-8-3-5-9(6-4-8)17-22(19,20)10-2-1-7-21-10/h1-7,17H,(H,16,18). The van der Waals surface area contributed by atoms with Crippen LogP contribution in [0.1, 0.15) is 0 Å². The predicted molar refractivity (Wildman–Crippen MR) is 76.3 cm³/mol. The average Bonchev–Trinajstić information content (AvgIpc) is 2.94. The van der Waals surface area contributed by atoms with Crippen LogP contribution in [0.4, 0.5) is 24.5 Å². The van der Waals surface area contributed by atoms with E-state index in [4.69, 9.17) is 0 Å². The van der Waals surface area contributed by atoms with Gasteiger partial charge < -0.3 is 5.32 Å². The van der Waals surface area contributed by atoms with E-state index in [2.05, 4.69) is 4.72 Å². The third kappa shape index (κ3) is 3.98. The highest BCUT2D eigenvalue weighted by Crippen LogP contribution is 2.22. The molecule has 0 atom stereocenters. The number of hydrogen-bond acceptors (Lipinski definition) is 4. The van der Waals surface area contributed by atoms with E-state index in [1.165, 1.54) is 18.2 Å². The molecule has 2 N–H and O–H groups in total. The molecular formula is C12H9F3N2O3S2. The molecule has 22 heavy (non-hydrogen) atoms. The molecule has 118 valence electrons. The van der Waals surface area contributed by atoms with Crippen LogP contribution in [-0.4, -0.2) is 20.5 Å². The highest BCUT2D eigenvalue weighted by atomic mass is 32.2. The summed E-state index contributed by atoms with van der Waals surface area (Å²) in [4.78, 5) is 10.8. The maximum Gasteiger partial charge on any atom is 0.471 e. The lowest BCUT2D eigenvalue weighted by atomic mass is 10.3. The van der Waals surface area contributed by atoms with Gasteiger partial charge >= 0.3 is 12.1 Å². The monoisotopic (exact) mass is 350 g/mol. The van der Waals surface area contributed by atoms with E-state index in [0.29, 0.717) is 0 Å². The molecule has 1 amide bonds. The number of anilines is 2. The molecule has 10 heteroatoms. The number of rotatable bonds is 4. The number of thiophene rings is 1. The number of amides is 1.